The summed E-state index contributed by atoms with van der Waals surface area (Å²) in [4.78, 5) is 32.7. The monoisotopic (exact) mass is 331 g/mol. The fourth-order valence-electron chi connectivity index (χ4n) is 2.91. The van der Waals surface area contributed by atoms with Crippen LogP contribution in [-0.4, -0.2) is 47.8 Å². The number of likely N-dealkylation sites (N-methyl/N-ethyl adjacent to an activating group) is 1. The van der Waals surface area contributed by atoms with Gasteiger partial charge in [-0.25, -0.2) is 4.98 Å². The second-order valence-corrected chi connectivity index (χ2v) is 6.96. The topological polar surface area (TPSA) is 53.5 Å². The molecule has 2 aromatic rings. The number of hydrogen-bond acceptors (Lipinski definition) is 5. The van der Waals surface area contributed by atoms with Gasteiger partial charge in [0, 0.05) is 32.0 Å². The van der Waals surface area contributed by atoms with Crippen LogP contribution in [0.2, 0.25) is 0 Å². The second-order valence-electron chi connectivity index (χ2n) is 5.95. The number of rotatable bonds is 4. The highest BCUT2D eigenvalue weighted by Crippen LogP contribution is 2.28. The lowest BCUT2D eigenvalue weighted by molar-refractivity contribution is -0.128. The summed E-state index contributed by atoms with van der Waals surface area (Å²) in [5, 5.41) is 0.750. The predicted molar refractivity (Wildman–Crippen MR) is 92.9 cm³/mol. The third kappa shape index (κ3) is 3.43. The van der Waals surface area contributed by atoms with Crippen molar-refractivity contribution in [2.75, 3.05) is 31.1 Å². The Balaban J connectivity index is 1.72. The fraction of sp³-hybridized carbons (Fsp3) is 0.471. The molecule has 1 atom stereocenters. The SMILES string of the molecule is CCN(C(=O)CN1CCC(=O)[C@@H](C)C1)c1nc2ccccc2s1. The lowest BCUT2D eigenvalue weighted by Crippen LogP contribution is -2.46. The minimum atomic E-state index is 0.0223. The number of hydrogen-bond donors (Lipinski definition) is 0. The number of para-hydroxylation sites is 1. The van der Waals surface area contributed by atoms with Gasteiger partial charge in [0.2, 0.25) is 5.91 Å². The number of nitrogens with zero attached hydrogens (tertiary/aromatic N) is 3. The number of Topliss-reactive ketones (excluding diaryl/α,β-unsaturated/α-hetero) is 1. The number of fused-ring (bicyclic) bond motifs is 1. The summed E-state index contributed by atoms with van der Waals surface area (Å²) < 4.78 is 1.09. The summed E-state index contributed by atoms with van der Waals surface area (Å²) >= 11 is 1.54. The van der Waals surface area contributed by atoms with Crippen molar-refractivity contribution < 1.29 is 9.59 Å². The van der Waals surface area contributed by atoms with Gasteiger partial charge in [-0.3, -0.25) is 19.4 Å². The maximum absolute atomic E-state index is 12.7. The zero-order valence-corrected chi connectivity index (χ0v) is 14.3. The summed E-state index contributed by atoms with van der Waals surface area (Å²) in [6.45, 7) is 6.19. The molecule has 2 heterocycles. The quantitative estimate of drug-likeness (QED) is 0.864. The number of benzene rings is 1. The van der Waals surface area contributed by atoms with E-state index in [1.165, 1.54) is 0 Å². The number of carbonyl (C=O) groups is 2. The van der Waals surface area contributed by atoms with E-state index in [2.05, 4.69) is 9.88 Å². The van der Waals surface area contributed by atoms with Crippen molar-refractivity contribution in [1.29, 1.82) is 0 Å². The van der Waals surface area contributed by atoms with Crippen molar-refractivity contribution in [2.24, 2.45) is 5.92 Å². The van der Waals surface area contributed by atoms with Crippen molar-refractivity contribution >= 4 is 38.4 Å². The summed E-state index contributed by atoms with van der Waals surface area (Å²) in [5.41, 5.74) is 0.927. The first kappa shape index (κ1) is 16.1. The molecule has 1 aliphatic heterocycles. The zero-order valence-electron chi connectivity index (χ0n) is 13.5. The number of ketones is 1. The van der Waals surface area contributed by atoms with Gasteiger partial charge in [-0.2, -0.15) is 0 Å². The average molecular weight is 331 g/mol. The Bertz CT molecular complexity index is 694. The van der Waals surface area contributed by atoms with E-state index in [0.717, 1.165) is 15.3 Å². The van der Waals surface area contributed by atoms with Crippen molar-refractivity contribution in [2.45, 2.75) is 20.3 Å². The molecule has 0 N–H and O–H groups in total. The minimum Gasteiger partial charge on any atom is -0.299 e. The molecular formula is C17H21N3O2S. The molecule has 0 bridgehead atoms. The number of thiazole rings is 1. The Morgan fingerprint density at radius 2 is 2.22 bits per heavy atom. The largest absolute Gasteiger partial charge is 0.299 e. The summed E-state index contributed by atoms with van der Waals surface area (Å²) in [6, 6.07) is 7.92. The van der Waals surface area contributed by atoms with E-state index in [4.69, 9.17) is 0 Å². The van der Waals surface area contributed by atoms with E-state index in [1.54, 1.807) is 16.2 Å². The smallest absolute Gasteiger partial charge is 0.242 e. The molecule has 3 rings (SSSR count). The standard InChI is InChI=1S/C17H21N3O2S/c1-3-20(17-18-13-6-4-5-7-15(13)23-17)16(22)11-19-9-8-14(21)12(2)10-19/h4-7,12H,3,8-11H2,1-2H3/t12-/m0/s1. The van der Waals surface area contributed by atoms with Crippen LogP contribution in [0.4, 0.5) is 5.13 Å². The Kier molecular flexibility index (Phi) is 4.73. The van der Waals surface area contributed by atoms with E-state index < -0.39 is 0 Å². The third-order valence-corrected chi connectivity index (χ3v) is 5.31. The highest BCUT2D eigenvalue weighted by molar-refractivity contribution is 7.22. The van der Waals surface area contributed by atoms with Gasteiger partial charge < -0.3 is 0 Å². The van der Waals surface area contributed by atoms with Crippen LogP contribution in [0.1, 0.15) is 20.3 Å². The second kappa shape index (κ2) is 6.76. The van der Waals surface area contributed by atoms with Gasteiger partial charge in [-0.15, -0.1) is 0 Å². The molecular weight excluding hydrogens is 310 g/mol. The Morgan fingerprint density at radius 1 is 1.43 bits per heavy atom. The van der Waals surface area contributed by atoms with Gasteiger partial charge in [-0.05, 0) is 19.1 Å². The third-order valence-electron chi connectivity index (χ3n) is 4.25. The first-order chi connectivity index (χ1) is 11.1. The molecule has 1 aromatic heterocycles. The van der Waals surface area contributed by atoms with Crippen molar-refractivity contribution in [3.63, 3.8) is 0 Å². The molecule has 1 aliphatic rings. The molecule has 0 unspecified atom stereocenters. The van der Waals surface area contributed by atoms with Gasteiger partial charge in [0.05, 0.1) is 16.8 Å². The van der Waals surface area contributed by atoms with E-state index in [1.807, 2.05) is 38.1 Å². The molecule has 1 fully saturated rings. The highest BCUT2D eigenvalue weighted by atomic mass is 32.1. The molecule has 0 saturated carbocycles. The molecule has 5 nitrogen and oxygen atoms in total. The lowest BCUT2D eigenvalue weighted by Gasteiger charge is -2.30. The summed E-state index contributed by atoms with van der Waals surface area (Å²) in [7, 11) is 0. The van der Waals surface area contributed by atoms with Crippen LogP contribution >= 0.6 is 11.3 Å². The number of anilines is 1. The fourth-order valence-corrected chi connectivity index (χ4v) is 3.96. The predicted octanol–water partition coefficient (Wildman–Crippen LogP) is 2.56. The maximum Gasteiger partial charge on any atom is 0.242 e. The molecule has 1 aromatic carbocycles. The first-order valence-electron chi connectivity index (χ1n) is 7.99. The number of piperidine rings is 1. The Morgan fingerprint density at radius 3 is 2.91 bits per heavy atom. The normalized spacial score (nSPS) is 19.2. The van der Waals surface area contributed by atoms with E-state index in [0.29, 0.717) is 38.4 Å². The molecule has 0 aliphatic carbocycles. The number of likely N-dealkylation sites (tertiary alicyclic amines) is 1. The van der Waals surface area contributed by atoms with E-state index in [9.17, 15) is 9.59 Å². The van der Waals surface area contributed by atoms with Gasteiger partial charge in [0.15, 0.2) is 5.13 Å². The number of carbonyl (C=O) groups excluding carboxylic acids is 2. The van der Waals surface area contributed by atoms with Crippen LogP contribution in [0.25, 0.3) is 10.2 Å². The van der Waals surface area contributed by atoms with Gasteiger partial charge >= 0.3 is 0 Å². The molecule has 122 valence electrons. The van der Waals surface area contributed by atoms with E-state index >= 15 is 0 Å². The van der Waals surface area contributed by atoms with Crippen LogP contribution in [0.3, 0.4) is 0 Å². The molecule has 1 saturated heterocycles. The minimum absolute atomic E-state index is 0.0223. The van der Waals surface area contributed by atoms with Crippen LogP contribution in [0, 0.1) is 5.92 Å². The molecule has 0 spiro atoms. The molecule has 23 heavy (non-hydrogen) atoms. The molecule has 6 heteroatoms. The first-order valence-corrected chi connectivity index (χ1v) is 8.81. The van der Waals surface area contributed by atoms with Crippen molar-refractivity contribution in [1.82, 2.24) is 9.88 Å². The maximum atomic E-state index is 12.7. The van der Waals surface area contributed by atoms with Gasteiger partial charge in [0.1, 0.15) is 5.78 Å². The van der Waals surface area contributed by atoms with Crippen LogP contribution in [0.15, 0.2) is 24.3 Å². The summed E-state index contributed by atoms with van der Waals surface area (Å²) in [6.07, 6.45) is 0.543. The lowest BCUT2D eigenvalue weighted by atomic mass is 9.99. The zero-order chi connectivity index (χ0) is 16.4. The van der Waals surface area contributed by atoms with Crippen molar-refractivity contribution in [3.05, 3.63) is 24.3 Å². The van der Waals surface area contributed by atoms with Crippen molar-refractivity contribution in [3.8, 4) is 0 Å². The number of amides is 1. The molecule has 0 radical (unpaired) electrons. The van der Waals surface area contributed by atoms with Gasteiger partial charge in [-0.1, -0.05) is 30.4 Å². The van der Waals surface area contributed by atoms with Crippen LogP contribution in [-0.2, 0) is 9.59 Å². The van der Waals surface area contributed by atoms with E-state index in [-0.39, 0.29) is 11.8 Å². The van der Waals surface area contributed by atoms with Gasteiger partial charge in [0.25, 0.3) is 0 Å². The summed E-state index contributed by atoms with van der Waals surface area (Å²) in [5.74, 6) is 0.370. The molecule has 1 amide bonds. The average Bonchev–Trinajstić information content (AvgIpc) is 2.95. The Labute approximate surface area is 139 Å². The number of aromatic nitrogens is 1. The van der Waals surface area contributed by atoms with Crippen LogP contribution in [0.5, 0.6) is 0 Å². The Hall–Kier alpha value is -1.79. The van der Waals surface area contributed by atoms with Crippen LogP contribution < -0.4 is 4.90 Å². The highest BCUT2D eigenvalue weighted by Gasteiger charge is 2.27.